The van der Waals surface area contributed by atoms with Gasteiger partial charge in [-0.05, 0) is 42.5 Å². The zero-order valence-electron chi connectivity index (χ0n) is 9.53. The van der Waals surface area contributed by atoms with Gasteiger partial charge in [-0.25, -0.2) is 0 Å². The van der Waals surface area contributed by atoms with E-state index in [4.69, 9.17) is 5.73 Å². The van der Waals surface area contributed by atoms with Crippen LogP contribution < -0.4 is 11.1 Å². The number of hydrogen-bond donors (Lipinski definition) is 2. The third kappa shape index (κ3) is 3.44. The minimum absolute atomic E-state index is 0.355. The number of hydrogen-bond acceptors (Lipinski definition) is 3. The first-order valence-electron chi connectivity index (χ1n) is 5.21. The third-order valence-electron chi connectivity index (χ3n) is 2.39. The smallest absolute Gasteiger partial charge is 0.239 e. The number of nitrogens with zero attached hydrogens (tertiary/aromatic N) is 2. The Balaban J connectivity index is 2.74. The van der Waals surface area contributed by atoms with Crippen molar-refractivity contribution in [2.24, 2.45) is 5.73 Å². The lowest BCUT2D eigenvalue weighted by atomic mass is 10.0. The van der Waals surface area contributed by atoms with Crippen molar-refractivity contribution < 1.29 is 4.79 Å². The van der Waals surface area contributed by atoms with Crippen LogP contribution in [0.3, 0.4) is 0 Å². The molecule has 0 aliphatic carbocycles. The highest BCUT2D eigenvalue weighted by Gasteiger charge is 2.30. The van der Waals surface area contributed by atoms with Crippen molar-refractivity contribution >= 4 is 28.5 Å². The van der Waals surface area contributed by atoms with Gasteiger partial charge in [0.15, 0.2) is 0 Å². The highest BCUT2D eigenvalue weighted by atomic mass is 127. The molecule has 3 N–H and O–H groups in total. The molecule has 0 aliphatic rings. The summed E-state index contributed by atoms with van der Waals surface area (Å²) < 4.78 is 2.77. The van der Waals surface area contributed by atoms with Gasteiger partial charge in [-0.3, -0.25) is 9.48 Å². The lowest BCUT2D eigenvalue weighted by molar-refractivity contribution is -0.124. The van der Waals surface area contributed by atoms with Gasteiger partial charge >= 0.3 is 0 Å². The molecular formula is C10H17IN4O. The van der Waals surface area contributed by atoms with Crippen LogP contribution in [-0.2, 0) is 11.3 Å². The number of aromatic nitrogens is 2. The Hall–Kier alpha value is -0.630. The van der Waals surface area contributed by atoms with E-state index in [1.54, 1.807) is 17.8 Å². The predicted octanol–water partition coefficient (Wildman–Crippen LogP) is 0.731. The van der Waals surface area contributed by atoms with E-state index < -0.39 is 5.54 Å². The standard InChI is InChI=1S/C10H17IN4O/c1-3-4-13-10(2,9(12)16)7-15-6-8(11)5-14-15/h5-6,13H,3-4,7H2,1-2H3,(H2,12,16). The van der Waals surface area contributed by atoms with Crippen molar-refractivity contribution in [2.75, 3.05) is 6.54 Å². The molecule has 16 heavy (non-hydrogen) atoms. The summed E-state index contributed by atoms with van der Waals surface area (Å²) in [4.78, 5) is 11.5. The number of halogens is 1. The molecule has 0 radical (unpaired) electrons. The number of nitrogens with one attached hydrogen (secondary N) is 1. The van der Waals surface area contributed by atoms with Crippen LogP contribution in [0.2, 0.25) is 0 Å². The predicted molar refractivity (Wildman–Crippen MR) is 70.8 cm³/mol. The van der Waals surface area contributed by atoms with Gasteiger partial charge < -0.3 is 11.1 Å². The molecule has 0 bridgehead atoms. The van der Waals surface area contributed by atoms with Crippen LogP contribution in [0.4, 0.5) is 0 Å². The van der Waals surface area contributed by atoms with Gasteiger partial charge in [0.25, 0.3) is 0 Å². The summed E-state index contributed by atoms with van der Waals surface area (Å²) in [5.41, 5.74) is 4.68. The molecule has 0 saturated heterocycles. The van der Waals surface area contributed by atoms with E-state index in [9.17, 15) is 4.79 Å². The van der Waals surface area contributed by atoms with E-state index in [1.807, 2.05) is 13.1 Å². The lowest BCUT2D eigenvalue weighted by Gasteiger charge is -2.27. The summed E-state index contributed by atoms with van der Waals surface area (Å²) in [5, 5.41) is 7.32. The van der Waals surface area contributed by atoms with Gasteiger partial charge in [0.1, 0.15) is 5.54 Å². The van der Waals surface area contributed by atoms with Crippen LogP contribution in [0.5, 0.6) is 0 Å². The molecular weight excluding hydrogens is 319 g/mol. The highest BCUT2D eigenvalue weighted by molar-refractivity contribution is 14.1. The van der Waals surface area contributed by atoms with Gasteiger partial charge in [0, 0.05) is 6.20 Å². The van der Waals surface area contributed by atoms with Gasteiger partial charge in [0.2, 0.25) is 5.91 Å². The van der Waals surface area contributed by atoms with Gasteiger partial charge in [0.05, 0.1) is 16.3 Å². The maximum atomic E-state index is 11.5. The normalized spacial score (nSPS) is 14.7. The number of amides is 1. The molecule has 0 fully saturated rings. The lowest BCUT2D eigenvalue weighted by Crippen LogP contribution is -2.56. The quantitative estimate of drug-likeness (QED) is 0.753. The van der Waals surface area contributed by atoms with Crippen LogP contribution in [0.25, 0.3) is 0 Å². The molecule has 90 valence electrons. The molecule has 1 atom stereocenters. The molecule has 0 aromatic carbocycles. The Morgan fingerprint density at radius 2 is 2.44 bits per heavy atom. The van der Waals surface area contributed by atoms with Crippen molar-refractivity contribution in [3.05, 3.63) is 16.0 Å². The number of nitrogens with two attached hydrogens (primary N) is 1. The first kappa shape index (κ1) is 13.4. The van der Waals surface area contributed by atoms with Crippen LogP contribution in [-0.4, -0.2) is 27.8 Å². The maximum absolute atomic E-state index is 11.5. The summed E-state index contributed by atoms with van der Waals surface area (Å²) in [5.74, 6) is -0.355. The van der Waals surface area contributed by atoms with Crippen molar-refractivity contribution in [3.63, 3.8) is 0 Å². The fraction of sp³-hybridized carbons (Fsp3) is 0.600. The molecule has 0 spiro atoms. The Morgan fingerprint density at radius 3 is 2.88 bits per heavy atom. The molecule has 0 aliphatic heterocycles. The van der Waals surface area contributed by atoms with Crippen molar-refractivity contribution in [1.29, 1.82) is 0 Å². The summed E-state index contributed by atoms with van der Waals surface area (Å²) >= 11 is 2.18. The van der Waals surface area contributed by atoms with E-state index in [1.165, 1.54) is 0 Å². The third-order valence-corrected chi connectivity index (χ3v) is 2.95. The summed E-state index contributed by atoms with van der Waals surface area (Å²) in [7, 11) is 0. The minimum atomic E-state index is -0.745. The first-order valence-corrected chi connectivity index (χ1v) is 6.28. The summed E-state index contributed by atoms with van der Waals surface area (Å²) in [6, 6.07) is 0. The molecule has 1 unspecified atom stereocenters. The van der Waals surface area contributed by atoms with E-state index in [2.05, 4.69) is 33.0 Å². The Bertz CT molecular complexity index is 365. The number of rotatable bonds is 6. The van der Waals surface area contributed by atoms with E-state index in [0.717, 1.165) is 16.5 Å². The first-order chi connectivity index (χ1) is 7.48. The van der Waals surface area contributed by atoms with Crippen molar-refractivity contribution in [2.45, 2.75) is 32.4 Å². The summed E-state index contributed by atoms with van der Waals surface area (Å²) in [6.07, 6.45) is 4.59. The Kier molecular flexibility index (Phi) is 4.72. The zero-order chi connectivity index (χ0) is 12.2. The molecule has 1 rings (SSSR count). The monoisotopic (exact) mass is 336 g/mol. The van der Waals surface area contributed by atoms with E-state index in [-0.39, 0.29) is 5.91 Å². The second kappa shape index (κ2) is 5.62. The minimum Gasteiger partial charge on any atom is -0.368 e. The Labute approximate surface area is 109 Å². The zero-order valence-corrected chi connectivity index (χ0v) is 11.7. The van der Waals surface area contributed by atoms with Gasteiger partial charge in [-0.2, -0.15) is 5.10 Å². The van der Waals surface area contributed by atoms with Crippen LogP contribution in [0.1, 0.15) is 20.3 Å². The van der Waals surface area contributed by atoms with E-state index >= 15 is 0 Å². The van der Waals surface area contributed by atoms with Crippen LogP contribution >= 0.6 is 22.6 Å². The number of carbonyl (C=O) groups is 1. The highest BCUT2D eigenvalue weighted by Crippen LogP contribution is 2.09. The molecule has 6 heteroatoms. The number of primary amides is 1. The second-order valence-corrected chi connectivity index (χ2v) is 5.22. The molecule has 1 amide bonds. The van der Waals surface area contributed by atoms with Gasteiger partial charge in [-0.1, -0.05) is 6.92 Å². The van der Waals surface area contributed by atoms with Crippen molar-refractivity contribution in [1.82, 2.24) is 15.1 Å². The number of carbonyl (C=O) groups excluding carboxylic acids is 1. The topological polar surface area (TPSA) is 72.9 Å². The average molecular weight is 336 g/mol. The average Bonchev–Trinajstić information content (AvgIpc) is 2.60. The second-order valence-electron chi connectivity index (χ2n) is 3.98. The van der Waals surface area contributed by atoms with Crippen molar-refractivity contribution in [3.8, 4) is 0 Å². The molecule has 5 nitrogen and oxygen atoms in total. The largest absolute Gasteiger partial charge is 0.368 e. The molecule has 1 aromatic rings. The van der Waals surface area contributed by atoms with Crippen LogP contribution in [0, 0.1) is 3.57 Å². The van der Waals surface area contributed by atoms with Crippen LogP contribution in [0.15, 0.2) is 12.4 Å². The Morgan fingerprint density at radius 1 is 1.75 bits per heavy atom. The maximum Gasteiger partial charge on any atom is 0.239 e. The molecule has 1 aromatic heterocycles. The van der Waals surface area contributed by atoms with Gasteiger partial charge in [-0.15, -0.1) is 0 Å². The fourth-order valence-corrected chi connectivity index (χ4v) is 1.82. The summed E-state index contributed by atoms with van der Waals surface area (Å²) in [6.45, 7) is 5.06. The van der Waals surface area contributed by atoms with E-state index in [0.29, 0.717) is 6.54 Å². The molecule has 1 heterocycles. The fourth-order valence-electron chi connectivity index (χ4n) is 1.37. The SMILES string of the molecule is CCCNC(C)(Cn1cc(I)cn1)C(N)=O. The molecule has 0 saturated carbocycles.